The fourth-order valence-electron chi connectivity index (χ4n) is 5.30. The Bertz CT molecular complexity index is 924. The van der Waals surface area contributed by atoms with E-state index in [0.29, 0.717) is 26.0 Å². The number of hydrogen-bond acceptors (Lipinski definition) is 3. The van der Waals surface area contributed by atoms with Crippen LogP contribution in [0, 0.1) is 6.92 Å². The van der Waals surface area contributed by atoms with E-state index in [1.54, 1.807) is 7.11 Å². The Balaban J connectivity index is 1.47. The number of carbonyl (C=O) groups excluding carboxylic acids is 1. The van der Waals surface area contributed by atoms with Gasteiger partial charge in [-0.05, 0) is 43.4 Å². The number of aryl methyl sites for hydroxylation is 2. The lowest BCUT2D eigenvalue weighted by Crippen LogP contribution is -2.22. The van der Waals surface area contributed by atoms with Crippen molar-refractivity contribution in [1.82, 2.24) is 5.32 Å². The van der Waals surface area contributed by atoms with E-state index in [4.69, 9.17) is 9.47 Å². The molecule has 0 spiro atoms. The number of hydrogen-bond donors (Lipinski definition) is 1. The van der Waals surface area contributed by atoms with Gasteiger partial charge in [-0.3, -0.25) is 4.79 Å². The molecule has 1 N–H and O–H groups in total. The highest BCUT2D eigenvalue weighted by molar-refractivity contribution is 5.75. The fourth-order valence-corrected chi connectivity index (χ4v) is 5.30. The Labute approximate surface area is 252 Å². The number of unbranched alkanes of at least 4 members (excludes halogenated alkanes) is 15. The first-order valence-electron chi connectivity index (χ1n) is 16.7. The number of carbonyl (C=O) groups is 1. The Morgan fingerprint density at radius 3 is 1.83 bits per heavy atom. The zero-order valence-electron chi connectivity index (χ0n) is 26.6. The van der Waals surface area contributed by atoms with Gasteiger partial charge in [0, 0.05) is 19.0 Å². The molecule has 0 fully saturated rings. The van der Waals surface area contributed by atoms with Crippen molar-refractivity contribution in [3.63, 3.8) is 0 Å². The highest BCUT2D eigenvalue weighted by Gasteiger charge is 2.07. The lowest BCUT2D eigenvalue weighted by atomic mass is 10.0. The van der Waals surface area contributed by atoms with Gasteiger partial charge in [-0.2, -0.15) is 0 Å². The minimum absolute atomic E-state index is 0.0564. The van der Waals surface area contributed by atoms with Gasteiger partial charge in [-0.1, -0.05) is 139 Å². The van der Waals surface area contributed by atoms with Crippen molar-refractivity contribution >= 4 is 5.91 Å². The molecule has 0 saturated heterocycles. The van der Waals surface area contributed by atoms with Gasteiger partial charge in [0.15, 0.2) is 0 Å². The number of benzene rings is 2. The third-order valence-electron chi connectivity index (χ3n) is 7.99. The molecule has 4 nitrogen and oxygen atoms in total. The first-order valence-corrected chi connectivity index (χ1v) is 16.7. The third-order valence-corrected chi connectivity index (χ3v) is 7.99. The van der Waals surface area contributed by atoms with Gasteiger partial charge in [-0.15, -0.1) is 0 Å². The van der Waals surface area contributed by atoms with Crippen LogP contribution < -0.4 is 14.8 Å². The third kappa shape index (κ3) is 17.2. The molecule has 0 unspecified atom stereocenters. The minimum Gasteiger partial charge on any atom is -0.496 e. The van der Waals surface area contributed by atoms with E-state index >= 15 is 0 Å². The van der Waals surface area contributed by atoms with Crippen LogP contribution in [0.3, 0.4) is 0 Å². The van der Waals surface area contributed by atoms with Gasteiger partial charge in [0.2, 0.25) is 5.91 Å². The molecule has 0 heterocycles. The molecule has 0 aromatic heterocycles. The second-order valence-corrected chi connectivity index (χ2v) is 11.7. The number of nitrogens with one attached hydrogen (secondary N) is 1. The molecule has 2 rings (SSSR count). The summed E-state index contributed by atoms with van der Waals surface area (Å²) in [6, 6.07) is 14.4. The van der Waals surface area contributed by atoms with Crippen molar-refractivity contribution in [3.05, 3.63) is 59.2 Å². The van der Waals surface area contributed by atoms with Crippen LogP contribution in [-0.2, 0) is 17.8 Å². The van der Waals surface area contributed by atoms with Crippen molar-refractivity contribution in [2.24, 2.45) is 0 Å². The van der Waals surface area contributed by atoms with E-state index in [-0.39, 0.29) is 5.91 Å². The molecule has 1 amide bonds. The summed E-state index contributed by atoms with van der Waals surface area (Å²) >= 11 is 0. The zero-order chi connectivity index (χ0) is 29.4. The monoisotopic (exact) mass is 565 g/mol. The summed E-state index contributed by atoms with van der Waals surface area (Å²) in [5.41, 5.74) is 3.59. The van der Waals surface area contributed by atoms with Crippen LogP contribution in [0.4, 0.5) is 0 Å². The van der Waals surface area contributed by atoms with E-state index in [1.807, 2.05) is 12.1 Å². The summed E-state index contributed by atoms with van der Waals surface area (Å²) in [5, 5.41) is 2.98. The van der Waals surface area contributed by atoms with Gasteiger partial charge in [0.1, 0.15) is 11.5 Å². The summed E-state index contributed by atoms with van der Waals surface area (Å²) in [4.78, 5) is 12.1. The summed E-state index contributed by atoms with van der Waals surface area (Å²) in [6.07, 6.45) is 24.4. The molecule has 4 heteroatoms. The van der Waals surface area contributed by atoms with Crippen molar-refractivity contribution in [2.45, 2.75) is 142 Å². The molecule has 230 valence electrons. The van der Waals surface area contributed by atoms with E-state index in [0.717, 1.165) is 23.5 Å². The normalized spacial score (nSPS) is 11.0. The van der Waals surface area contributed by atoms with E-state index in [9.17, 15) is 4.79 Å². The highest BCUT2D eigenvalue weighted by Crippen LogP contribution is 2.27. The molecule has 41 heavy (non-hydrogen) atoms. The number of methoxy groups -OCH3 is 1. The Morgan fingerprint density at radius 1 is 0.707 bits per heavy atom. The summed E-state index contributed by atoms with van der Waals surface area (Å²) < 4.78 is 11.6. The van der Waals surface area contributed by atoms with Gasteiger partial charge >= 0.3 is 0 Å². The first-order chi connectivity index (χ1) is 20.1. The first kappa shape index (κ1) is 34.7. The summed E-state index contributed by atoms with van der Waals surface area (Å²) in [7, 11) is 1.73. The number of amides is 1. The standard InChI is InChI=1S/C37H59NO3/c1-4-5-6-7-8-9-10-11-12-13-14-15-16-17-18-19-21-34-27-28-35(30-36(34)40-3)41-29-20-22-37(39)38-31-33-25-23-32(2)24-26-33/h23-28,30H,4-22,29,31H2,1-3H3,(H,38,39). The molecule has 2 aromatic carbocycles. The van der Waals surface area contributed by atoms with Crippen molar-refractivity contribution in [1.29, 1.82) is 0 Å². The average molecular weight is 566 g/mol. The van der Waals surface area contributed by atoms with Crippen LogP contribution >= 0.6 is 0 Å². The van der Waals surface area contributed by atoms with Crippen molar-refractivity contribution in [3.8, 4) is 11.5 Å². The second-order valence-electron chi connectivity index (χ2n) is 11.7. The van der Waals surface area contributed by atoms with Crippen LogP contribution in [0.15, 0.2) is 42.5 Å². The Hall–Kier alpha value is -2.49. The van der Waals surface area contributed by atoms with E-state index in [1.165, 1.54) is 114 Å². The molecule has 0 bridgehead atoms. The largest absolute Gasteiger partial charge is 0.496 e. The molecule has 0 saturated carbocycles. The molecule has 0 radical (unpaired) electrons. The zero-order valence-corrected chi connectivity index (χ0v) is 26.6. The van der Waals surface area contributed by atoms with Crippen molar-refractivity contribution in [2.75, 3.05) is 13.7 Å². The fraction of sp³-hybridized carbons (Fsp3) is 0.649. The molecule has 0 aliphatic rings. The summed E-state index contributed by atoms with van der Waals surface area (Å²) in [5.74, 6) is 1.76. The van der Waals surface area contributed by atoms with Crippen LogP contribution in [0.25, 0.3) is 0 Å². The second kappa shape index (κ2) is 23.1. The molecule has 2 aromatic rings. The van der Waals surface area contributed by atoms with Gasteiger partial charge in [0.25, 0.3) is 0 Å². The van der Waals surface area contributed by atoms with Crippen molar-refractivity contribution < 1.29 is 14.3 Å². The number of rotatable bonds is 25. The van der Waals surface area contributed by atoms with Gasteiger partial charge in [-0.25, -0.2) is 0 Å². The lowest BCUT2D eigenvalue weighted by Gasteiger charge is -2.12. The lowest BCUT2D eigenvalue weighted by molar-refractivity contribution is -0.121. The molecule has 0 aliphatic carbocycles. The average Bonchev–Trinajstić information content (AvgIpc) is 2.99. The molecule has 0 atom stereocenters. The maximum atomic E-state index is 12.1. The van der Waals surface area contributed by atoms with Crippen LogP contribution in [0.5, 0.6) is 11.5 Å². The topological polar surface area (TPSA) is 47.6 Å². The van der Waals surface area contributed by atoms with Crippen LogP contribution in [-0.4, -0.2) is 19.6 Å². The smallest absolute Gasteiger partial charge is 0.220 e. The molecular weight excluding hydrogens is 506 g/mol. The molecule has 0 aliphatic heterocycles. The predicted molar refractivity (Wildman–Crippen MR) is 174 cm³/mol. The molecular formula is C37H59NO3. The minimum atomic E-state index is 0.0564. The van der Waals surface area contributed by atoms with Crippen LogP contribution in [0.2, 0.25) is 0 Å². The Kier molecular flexibility index (Phi) is 19.6. The summed E-state index contributed by atoms with van der Waals surface area (Å²) in [6.45, 7) is 5.43. The number of ether oxygens (including phenoxy) is 2. The van der Waals surface area contributed by atoms with Gasteiger partial charge < -0.3 is 14.8 Å². The van der Waals surface area contributed by atoms with E-state index < -0.39 is 0 Å². The predicted octanol–water partition coefficient (Wildman–Crippen LogP) is 10.3. The van der Waals surface area contributed by atoms with E-state index in [2.05, 4.69) is 49.5 Å². The highest BCUT2D eigenvalue weighted by atomic mass is 16.5. The maximum absolute atomic E-state index is 12.1. The Morgan fingerprint density at radius 2 is 1.27 bits per heavy atom. The van der Waals surface area contributed by atoms with Gasteiger partial charge in [0.05, 0.1) is 13.7 Å². The SMILES string of the molecule is CCCCCCCCCCCCCCCCCCc1ccc(OCCCC(=O)NCc2ccc(C)cc2)cc1OC. The quantitative estimate of drug-likeness (QED) is 0.122. The maximum Gasteiger partial charge on any atom is 0.220 e. The van der Waals surface area contributed by atoms with Crippen LogP contribution in [0.1, 0.15) is 139 Å².